The van der Waals surface area contributed by atoms with Gasteiger partial charge >= 0.3 is 16.2 Å². The Morgan fingerprint density at radius 3 is 0.643 bits per heavy atom. The van der Waals surface area contributed by atoms with Crippen LogP contribution in [0.2, 0.25) is 0 Å². The van der Waals surface area contributed by atoms with E-state index in [9.17, 15) is 0 Å². The standard InChI is InChI=1S/C6H24N6Si2/c1-7-13(8-2,9-3)14(10-4,11-5)12-6/h7-12H,1-6H3. The largest absolute Gasteiger partial charge is 0.318 e. The Balaban J connectivity index is 5.08. The third-order valence-electron chi connectivity index (χ3n) is 2.81. The number of hydrogen-bond donors (Lipinski definition) is 6. The fraction of sp³-hybridized carbons (Fsp3) is 1.00. The lowest BCUT2D eigenvalue weighted by Crippen LogP contribution is -2.96. The molecular weight excluding hydrogens is 212 g/mol. The second kappa shape index (κ2) is 5.93. The van der Waals surface area contributed by atoms with Crippen LogP contribution in [0.3, 0.4) is 0 Å². The maximum atomic E-state index is 3.40. The molecule has 86 valence electrons. The van der Waals surface area contributed by atoms with Crippen LogP contribution in [0.4, 0.5) is 0 Å². The average molecular weight is 236 g/mol. The zero-order chi connectivity index (χ0) is 11.2. The predicted molar refractivity (Wildman–Crippen MR) is 65.9 cm³/mol. The molecule has 0 aliphatic rings. The molecule has 0 unspecified atom stereocenters. The highest BCUT2D eigenvalue weighted by atomic mass is 29.3. The van der Waals surface area contributed by atoms with Crippen molar-refractivity contribution in [2.75, 3.05) is 42.3 Å². The van der Waals surface area contributed by atoms with Crippen molar-refractivity contribution in [1.82, 2.24) is 29.9 Å². The summed E-state index contributed by atoms with van der Waals surface area (Å²) in [5.41, 5.74) is 0. The van der Waals surface area contributed by atoms with Gasteiger partial charge in [0.05, 0.1) is 0 Å². The van der Waals surface area contributed by atoms with Crippen LogP contribution in [-0.4, -0.2) is 58.4 Å². The topological polar surface area (TPSA) is 72.2 Å². The summed E-state index contributed by atoms with van der Waals surface area (Å²) in [7, 11) is 7.99. The van der Waals surface area contributed by atoms with Gasteiger partial charge in [-0.1, -0.05) is 0 Å². The molecule has 14 heavy (non-hydrogen) atoms. The van der Waals surface area contributed by atoms with E-state index in [-0.39, 0.29) is 0 Å². The van der Waals surface area contributed by atoms with Crippen molar-refractivity contribution in [3.63, 3.8) is 0 Å². The van der Waals surface area contributed by atoms with E-state index in [1.165, 1.54) is 0 Å². The van der Waals surface area contributed by atoms with E-state index < -0.39 is 16.2 Å². The molecule has 0 atom stereocenters. The summed E-state index contributed by atoms with van der Waals surface area (Å²) in [5.74, 6) is 0. The van der Waals surface area contributed by atoms with Gasteiger partial charge in [-0.25, -0.2) is 0 Å². The first-order chi connectivity index (χ1) is 6.61. The van der Waals surface area contributed by atoms with E-state index in [4.69, 9.17) is 0 Å². The van der Waals surface area contributed by atoms with Crippen molar-refractivity contribution < 1.29 is 0 Å². The van der Waals surface area contributed by atoms with Crippen LogP contribution >= 0.6 is 0 Å². The fourth-order valence-corrected chi connectivity index (χ4v) is 12.4. The lowest BCUT2D eigenvalue weighted by molar-refractivity contribution is 0.871. The van der Waals surface area contributed by atoms with Gasteiger partial charge in [-0.15, -0.1) is 0 Å². The summed E-state index contributed by atoms with van der Waals surface area (Å²) in [5, 5.41) is 0. The van der Waals surface area contributed by atoms with Gasteiger partial charge < -0.3 is 29.9 Å². The molecule has 0 aromatic rings. The van der Waals surface area contributed by atoms with Gasteiger partial charge in [0.15, 0.2) is 0 Å². The van der Waals surface area contributed by atoms with E-state index in [1.807, 2.05) is 42.3 Å². The normalized spacial score (nSPS) is 13.3. The van der Waals surface area contributed by atoms with Gasteiger partial charge in [-0.3, -0.25) is 0 Å². The van der Waals surface area contributed by atoms with E-state index in [2.05, 4.69) is 29.9 Å². The summed E-state index contributed by atoms with van der Waals surface area (Å²) >= 11 is 0. The monoisotopic (exact) mass is 236 g/mol. The maximum absolute atomic E-state index is 3.40. The SMILES string of the molecule is CN[Si](NC)(NC)[Si](NC)(NC)NC. The highest BCUT2D eigenvalue weighted by Crippen LogP contribution is 1.98. The molecule has 0 spiro atoms. The van der Waals surface area contributed by atoms with Crippen molar-refractivity contribution in [3.8, 4) is 0 Å². The van der Waals surface area contributed by atoms with Crippen molar-refractivity contribution in [2.45, 2.75) is 0 Å². The molecule has 0 radical (unpaired) electrons. The first kappa shape index (κ1) is 14.2. The van der Waals surface area contributed by atoms with Crippen LogP contribution in [0.1, 0.15) is 0 Å². The Kier molecular flexibility index (Phi) is 6.01. The van der Waals surface area contributed by atoms with Crippen molar-refractivity contribution in [1.29, 1.82) is 0 Å². The molecule has 0 bridgehead atoms. The van der Waals surface area contributed by atoms with Gasteiger partial charge in [0.1, 0.15) is 0 Å². The second-order valence-corrected chi connectivity index (χ2v) is 13.5. The molecule has 0 amide bonds. The van der Waals surface area contributed by atoms with Gasteiger partial charge in [-0.2, -0.15) is 0 Å². The Labute approximate surface area is 88.9 Å². The first-order valence-corrected chi connectivity index (χ1v) is 9.75. The summed E-state index contributed by atoms with van der Waals surface area (Å²) in [6.07, 6.45) is 0. The molecule has 0 heterocycles. The lowest BCUT2D eigenvalue weighted by Gasteiger charge is -2.44. The van der Waals surface area contributed by atoms with Crippen molar-refractivity contribution in [3.05, 3.63) is 0 Å². The molecule has 8 heteroatoms. The zero-order valence-corrected chi connectivity index (χ0v) is 12.0. The number of hydrogen-bond acceptors (Lipinski definition) is 6. The van der Waals surface area contributed by atoms with E-state index >= 15 is 0 Å². The van der Waals surface area contributed by atoms with Crippen LogP contribution in [0.5, 0.6) is 0 Å². The van der Waals surface area contributed by atoms with Gasteiger partial charge in [0.2, 0.25) is 0 Å². The van der Waals surface area contributed by atoms with E-state index in [1.54, 1.807) is 0 Å². The van der Waals surface area contributed by atoms with E-state index in [0.29, 0.717) is 0 Å². The molecular formula is C6H24N6Si2. The molecule has 0 rings (SSSR count). The molecule has 0 saturated carbocycles. The van der Waals surface area contributed by atoms with Gasteiger partial charge in [-0.05, 0) is 42.3 Å². The van der Waals surface area contributed by atoms with Crippen molar-refractivity contribution in [2.24, 2.45) is 0 Å². The zero-order valence-electron chi connectivity index (χ0n) is 10.0. The van der Waals surface area contributed by atoms with Gasteiger partial charge in [0.25, 0.3) is 0 Å². The molecule has 0 aliphatic heterocycles. The Bertz CT molecular complexity index is 124. The first-order valence-electron chi connectivity index (χ1n) is 4.75. The Morgan fingerprint density at radius 1 is 0.429 bits per heavy atom. The maximum Gasteiger partial charge on any atom is 0.318 e. The summed E-state index contributed by atoms with van der Waals surface area (Å²) in [6.45, 7) is 0. The molecule has 0 aromatic carbocycles. The molecule has 0 aliphatic carbocycles. The van der Waals surface area contributed by atoms with Crippen LogP contribution in [0, 0.1) is 0 Å². The lowest BCUT2D eigenvalue weighted by atomic mass is 11.6. The minimum atomic E-state index is -1.94. The summed E-state index contributed by atoms with van der Waals surface area (Å²) < 4.78 is 0. The van der Waals surface area contributed by atoms with Crippen LogP contribution in [0.15, 0.2) is 0 Å². The minimum absolute atomic E-state index is 1.94. The molecule has 0 fully saturated rings. The predicted octanol–water partition coefficient (Wildman–Crippen LogP) is -2.74. The number of rotatable bonds is 7. The van der Waals surface area contributed by atoms with E-state index in [0.717, 1.165) is 0 Å². The minimum Gasteiger partial charge on any atom is -0.315 e. The fourth-order valence-electron chi connectivity index (χ4n) is 1.88. The molecule has 0 saturated heterocycles. The van der Waals surface area contributed by atoms with Gasteiger partial charge in [0, 0.05) is 0 Å². The molecule has 0 aromatic heterocycles. The van der Waals surface area contributed by atoms with Crippen LogP contribution < -0.4 is 29.9 Å². The average Bonchev–Trinajstić information content (AvgIpc) is 2.27. The quantitative estimate of drug-likeness (QED) is 0.270. The summed E-state index contributed by atoms with van der Waals surface area (Å²) in [4.78, 5) is 20.4. The smallest absolute Gasteiger partial charge is 0.315 e. The highest BCUT2D eigenvalue weighted by Gasteiger charge is 2.54. The summed E-state index contributed by atoms with van der Waals surface area (Å²) in [6, 6.07) is 0. The second-order valence-electron chi connectivity index (χ2n) is 3.00. The third-order valence-corrected chi connectivity index (χ3v) is 16.3. The molecule has 6 nitrogen and oxygen atoms in total. The Morgan fingerprint density at radius 2 is 0.571 bits per heavy atom. The number of nitrogens with one attached hydrogen (secondary N) is 6. The van der Waals surface area contributed by atoms with Crippen LogP contribution in [0.25, 0.3) is 0 Å². The molecule has 6 N–H and O–H groups in total. The van der Waals surface area contributed by atoms with Crippen molar-refractivity contribution >= 4 is 16.2 Å². The Hall–Kier alpha value is 0.194. The van der Waals surface area contributed by atoms with Crippen LogP contribution in [-0.2, 0) is 0 Å². The third kappa shape index (κ3) is 2.07. The highest BCUT2D eigenvalue weighted by molar-refractivity contribution is 7.36.